The number of ether oxygens (including phenoxy) is 1. The predicted octanol–water partition coefficient (Wildman–Crippen LogP) is 18.8. The third-order valence-corrected chi connectivity index (χ3v) is 31.8. The standard InChI is InChI=1S/C39H54O4.C38H52O4/c1-34(2)26(24-8-10-25(11-9-24)32(40)43-7)14-17-36(4)29(34)16-18-38(6)30(36)13-12-28-31-27(35(3)20-21-35)15-19-39(31,33(41)42)23-22-37(28,38)5;1-33(2)25(23-7-9-24(10-8-23)31(39)40)13-16-35(4)28(33)15-17-37(6)29(35)12-11-27-30-26(34(3)19-20-34)14-18-38(30,32(41)42)22-21-36(27,37)5/h8-11,14,27-31H,12-13,15-23H2,1-7H3,(H,41,42);7-10,13,26-30H,11-12,14-22H2,1-6H3,(H,39,40)(H,41,42)/t27-,28-,29+,30-,31-,36+,37-,38-,39+;26-,27-,28+,29-,30-,35+,36-,37-,38+/m11/s1. The number of allylic oxidation sites excluding steroid dienone is 4. The number of aliphatic carboxylic acids is 2. The SMILES string of the molecule is CC1([C@@H]2CC[C@]3(C(=O)O)CC[C@]4(C)[C@H](CC[C@@H]5[C@@]6(C)CC=C(c7ccc(C(=O)O)cc7)C(C)(C)[C@@H]6CC[C@]54C)[C@@H]23)CC1.COC(=O)c1ccc(C2=CC[C@]3(C)[C@H]4CC[C@@H]5[C@H]6[C@H](C7(C)CC7)CC[C@]6(C(=O)O)CC[C@@]5(C)[C@]4(C)CC[C@H]3C2(C)C)cc1. The van der Waals surface area contributed by atoms with Gasteiger partial charge in [0.25, 0.3) is 0 Å². The molecule has 12 aliphatic carbocycles. The molecular weight excluding hydrogens is 1050 g/mol. The summed E-state index contributed by atoms with van der Waals surface area (Å²) in [6, 6.07) is 15.5. The summed E-state index contributed by atoms with van der Waals surface area (Å²) in [5, 5.41) is 30.9. The van der Waals surface area contributed by atoms with E-state index in [1.165, 1.54) is 101 Å². The van der Waals surface area contributed by atoms with Crippen LogP contribution in [0.5, 0.6) is 0 Å². The molecule has 0 bridgehead atoms. The van der Waals surface area contributed by atoms with E-state index in [0.29, 0.717) is 81.1 Å². The number of hydrogen-bond acceptors (Lipinski definition) is 5. The van der Waals surface area contributed by atoms with Gasteiger partial charge in [-0.25, -0.2) is 9.59 Å². The van der Waals surface area contributed by atoms with Gasteiger partial charge in [-0.2, -0.15) is 0 Å². The van der Waals surface area contributed by atoms with E-state index in [4.69, 9.17) is 4.74 Å². The molecule has 14 rings (SSSR count). The van der Waals surface area contributed by atoms with Gasteiger partial charge in [0.05, 0.1) is 29.1 Å². The lowest BCUT2D eigenvalue weighted by Crippen LogP contribution is -2.66. The van der Waals surface area contributed by atoms with Crippen LogP contribution in [0.4, 0.5) is 0 Å². The van der Waals surface area contributed by atoms with Crippen molar-refractivity contribution in [3.8, 4) is 0 Å². The summed E-state index contributed by atoms with van der Waals surface area (Å²) >= 11 is 0. The van der Waals surface area contributed by atoms with E-state index in [1.54, 1.807) is 12.1 Å². The monoisotopic (exact) mass is 1160 g/mol. The number of fused-ring (bicyclic) bond motifs is 14. The Labute approximate surface area is 510 Å². The van der Waals surface area contributed by atoms with Gasteiger partial charge in [0.15, 0.2) is 0 Å². The Morgan fingerprint density at radius 3 is 1.12 bits per heavy atom. The molecule has 0 amide bonds. The Balaban J connectivity index is 0.000000158. The summed E-state index contributed by atoms with van der Waals surface area (Å²) in [5.41, 5.74) is 7.17. The van der Waals surface area contributed by atoms with Crippen molar-refractivity contribution in [2.24, 2.45) is 124 Å². The smallest absolute Gasteiger partial charge is 0.337 e. The normalized spacial score (nSPS) is 45.9. The van der Waals surface area contributed by atoms with Crippen molar-refractivity contribution in [3.63, 3.8) is 0 Å². The third kappa shape index (κ3) is 7.99. The zero-order chi connectivity index (χ0) is 60.9. The second-order valence-corrected chi connectivity index (χ2v) is 34.9. The molecule has 0 heterocycles. The van der Waals surface area contributed by atoms with Crippen molar-refractivity contribution in [3.05, 3.63) is 82.9 Å². The van der Waals surface area contributed by atoms with Crippen molar-refractivity contribution in [1.82, 2.24) is 0 Å². The van der Waals surface area contributed by atoms with E-state index in [-0.39, 0.29) is 49.3 Å². The lowest BCUT2D eigenvalue weighted by atomic mass is 9.32. The highest BCUT2D eigenvalue weighted by atomic mass is 16.5. The Hall–Kier alpha value is -4.20. The van der Waals surface area contributed by atoms with Crippen LogP contribution in [-0.4, -0.2) is 46.3 Å². The first-order chi connectivity index (χ1) is 39.8. The van der Waals surface area contributed by atoms with Gasteiger partial charge in [0.2, 0.25) is 0 Å². The number of hydrogen-bond donors (Lipinski definition) is 3. The fraction of sp³-hybridized carbons (Fsp3) is 0.740. The van der Waals surface area contributed by atoms with E-state index in [1.807, 2.05) is 24.3 Å². The molecule has 10 fully saturated rings. The average molecular weight is 1160 g/mol. The van der Waals surface area contributed by atoms with Crippen molar-refractivity contribution < 1.29 is 39.2 Å². The molecule has 10 saturated carbocycles. The summed E-state index contributed by atoms with van der Waals surface area (Å²) in [7, 11) is 1.43. The van der Waals surface area contributed by atoms with Gasteiger partial charge in [-0.05, 0) is 301 Å². The number of carbonyl (C=O) groups is 4. The molecule has 0 aromatic heterocycles. The van der Waals surface area contributed by atoms with Gasteiger partial charge >= 0.3 is 23.9 Å². The summed E-state index contributed by atoms with van der Waals surface area (Å²) < 4.78 is 4.94. The Bertz CT molecular complexity index is 3140. The number of benzene rings is 2. The van der Waals surface area contributed by atoms with Gasteiger partial charge in [-0.3, -0.25) is 9.59 Å². The molecule has 3 N–H and O–H groups in total. The molecule has 8 heteroatoms. The summed E-state index contributed by atoms with van der Waals surface area (Å²) in [5.74, 6) is 3.19. The first-order valence-electron chi connectivity index (χ1n) is 34.2. The maximum atomic E-state index is 13.1. The molecule has 0 spiro atoms. The number of aromatic carboxylic acids is 1. The van der Waals surface area contributed by atoms with Crippen LogP contribution in [-0.2, 0) is 14.3 Å². The lowest BCUT2D eigenvalue weighted by Gasteiger charge is -2.72. The predicted molar refractivity (Wildman–Crippen MR) is 336 cm³/mol. The summed E-state index contributed by atoms with van der Waals surface area (Å²) in [4.78, 5) is 49.7. The van der Waals surface area contributed by atoms with Crippen LogP contribution in [0.2, 0.25) is 0 Å². The largest absolute Gasteiger partial charge is 0.481 e. The molecule has 0 radical (unpaired) electrons. The second kappa shape index (κ2) is 19.2. The molecular formula is C77H106O8. The van der Waals surface area contributed by atoms with Crippen LogP contribution in [0.3, 0.4) is 0 Å². The highest BCUT2D eigenvalue weighted by Gasteiger charge is 2.76. The van der Waals surface area contributed by atoms with Gasteiger partial charge in [-0.1, -0.05) is 120 Å². The lowest BCUT2D eigenvalue weighted by molar-refractivity contribution is -0.230. The highest BCUT2D eigenvalue weighted by molar-refractivity contribution is 5.90. The summed E-state index contributed by atoms with van der Waals surface area (Å²) in [6.07, 6.45) is 30.1. The molecule has 85 heavy (non-hydrogen) atoms. The Morgan fingerprint density at radius 1 is 0.400 bits per heavy atom. The number of carboxylic acids is 3. The zero-order valence-electron chi connectivity index (χ0n) is 54.5. The van der Waals surface area contributed by atoms with Crippen LogP contribution in [0.25, 0.3) is 11.1 Å². The van der Waals surface area contributed by atoms with E-state index in [0.717, 1.165) is 69.8 Å². The maximum absolute atomic E-state index is 13.1. The molecule has 2 aromatic rings. The van der Waals surface area contributed by atoms with E-state index >= 15 is 0 Å². The molecule has 0 saturated heterocycles. The van der Waals surface area contributed by atoms with Crippen molar-refractivity contribution in [2.75, 3.05) is 7.11 Å². The van der Waals surface area contributed by atoms with Gasteiger partial charge < -0.3 is 20.1 Å². The van der Waals surface area contributed by atoms with Crippen LogP contribution >= 0.6 is 0 Å². The fourth-order valence-corrected chi connectivity index (χ4v) is 26.5. The average Bonchev–Trinajstić information content (AvgIpc) is 1.60. The number of carboxylic acid groups (broad SMARTS) is 3. The zero-order valence-corrected chi connectivity index (χ0v) is 54.5. The molecule has 0 aliphatic heterocycles. The number of methoxy groups -OCH3 is 1. The minimum absolute atomic E-state index is 0.00103. The highest BCUT2D eigenvalue weighted by Crippen LogP contribution is 2.82. The van der Waals surface area contributed by atoms with Crippen molar-refractivity contribution in [2.45, 2.75) is 224 Å². The minimum Gasteiger partial charge on any atom is -0.481 e. The van der Waals surface area contributed by atoms with Crippen LogP contribution < -0.4 is 0 Å². The van der Waals surface area contributed by atoms with Crippen molar-refractivity contribution in [1.29, 1.82) is 0 Å². The van der Waals surface area contributed by atoms with Gasteiger partial charge in [-0.15, -0.1) is 0 Å². The minimum atomic E-state index is -0.875. The van der Waals surface area contributed by atoms with Crippen LogP contribution in [0.15, 0.2) is 60.7 Å². The Morgan fingerprint density at radius 2 is 0.776 bits per heavy atom. The fourth-order valence-electron chi connectivity index (χ4n) is 26.5. The molecule has 2 aromatic carbocycles. The first-order valence-corrected chi connectivity index (χ1v) is 34.2. The second-order valence-electron chi connectivity index (χ2n) is 34.9. The Kier molecular flexibility index (Phi) is 13.5. The summed E-state index contributed by atoms with van der Waals surface area (Å²) in [6.45, 7) is 30.5. The quantitative estimate of drug-likeness (QED) is 0.222. The molecule has 12 aliphatic rings. The number of carbonyl (C=O) groups excluding carboxylic acids is 1. The first kappa shape index (κ1) is 59.7. The molecule has 0 unspecified atom stereocenters. The van der Waals surface area contributed by atoms with Crippen molar-refractivity contribution >= 4 is 35.0 Å². The van der Waals surface area contributed by atoms with E-state index < -0.39 is 28.7 Å². The van der Waals surface area contributed by atoms with Crippen LogP contribution in [0, 0.1) is 124 Å². The molecule has 8 nitrogen and oxygen atoms in total. The number of rotatable bonds is 8. The van der Waals surface area contributed by atoms with Gasteiger partial charge in [0, 0.05) is 0 Å². The van der Waals surface area contributed by atoms with E-state index in [2.05, 4.69) is 107 Å². The maximum Gasteiger partial charge on any atom is 0.337 e. The molecule has 18 atom stereocenters. The van der Waals surface area contributed by atoms with E-state index in [9.17, 15) is 34.5 Å². The topological polar surface area (TPSA) is 138 Å². The van der Waals surface area contributed by atoms with Crippen LogP contribution in [0.1, 0.15) is 256 Å². The molecule has 462 valence electrons. The van der Waals surface area contributed by atoms with Gasteiger partial charge in [0.1, 0.15) is 0 Å². The third-order valence-electron chi connectivity index (χ3n) is 31.8. The number of esters is 1.